The lowest BCUT2D eigenvalue weighted by Gasteiger charge is -2.32. The Morgan fingerprint density at radius 2 is 2.27 bits per heavy atom. The molecule has 1 aliphatic rings. The summed E-state index contributed by atoms with van der Waals surface area (Å²) in [5.74, 6) is -1.01. The van der Waals surface area contributed by atoms with Crippen LogP contribution in [0.4, 0.5) is 19.0 Å². The third kappa shape index (κ3) is 2.44. The summed E-state index contributed by atoms with van der Waals surface area (Å²) < 4.78 is 40.7. The standard InChI is InChI=1S/C12H10ClF3N4OS/c13-8-9(10(17)21)19-20-7(12(14,15)16)4-5(18-11(8)20)6-2-1-3-22-6/h1-3,5,7,18H,4H2,(H2,17,21). The van der Waals surface area contributed by atoms with Crippen LogP contribution >= 0.6 is 22.9 Å². The molecule has 0 bridgehead atoms. The highest BCUT2D eigenvalue weighted by molar-refractivity contribution is 7.10. The number of primary amides is 1. The topological polar surface area (TPSA) is 72.9 Å². The zero-order valence-corrected chi connectivity index (χ0v) is 12.5. The van der Waals surface area contributed by atoms with Gasteiger partial charge in [0.2, 0.25) is 0 Å². The Balaban J connectivity index is 2.10. The number of nitrogens with zero attached hydrogens (tertiary/aromatic N) is 2. The van der Waals surface area contributed by atoms with E-state index in [2.05, 4.69) is 10.4 Å². The van der Waals surface area contributed by atoms with Gasteiger partial charge >= 0.3 is 6.18 Å². The van der Waals surface area contributed by atoms with Gasteiger partial charge in [0, 0.05) is 11.3 Å². The van der Waals surface area contributed by atoms with Crippen LogP contribution in [0.3, 0.4) is 0 Å². The van der Waals surface area contributed by atoms with Gasteiger partial charge in [0.05, 0.1) is 6.04 Å². The van der Waals surface area contributed by atoms with Crippen LogP contribution in [0.1, 0.15) is 33.9 Å². The van der Waals surface area contributed by atoms with Gasteiger partial charge in [-0.05, 0) is 11.4 Å². The van der Waals surface area contributed by atoms with Gasteiger partial charge < -0.3 is 11.1 Å². The number of alkyl halides is 3. The number of fused-ring (bicyclic) bond motifs is 1. The monoisotopic (exact) mass is 350 g/mol. The van der Waals surface area contributed by atoms with Crippen molar-refractivity contribution < 1.29 is 18.0 Å². The molecule has 2 aromatic rings. The molecule has 3 N–H and O–H groups in total. The van der Waals surface area contributed by atoms with E-state index in [1.165, 1.54) is 11.3 Å². The van der Waals surface area contributed by atoms with E-state index < -0.39 is 24.2 Å². The first-order valence-corrected chi connectivity index (χ1v) is 7.49. The molecule has 10 heteroatoms. The molecule has 0 aliphatic carbocycles. The lowest BCUT2D eigenvalue weighted by atomic mass is 10.0. The average molecular weight is 351 g/mol. The molecule has 0 radical (unpaired) electrons. The predicted octanol–water partition coefficient (Wildman–Crippen LogP) is 3.36. The fourth-order valence-corrected chi connectivity index (χ4v) is 3.49. The second kappa shape index (κ2) is 5.17. The number of anilines is 1. The third-order valence-corrected chi connectivity index (χ3v) is 4.76. The van der Waals surface area contributed by atoms with Crippen LogP contribution in [0.5, 0.6) is 0 Å². The van der Waals surface area contributed by atoms with Gasteiger partial charge in [-0.25, -0.2) is 4.68 Å². The molecule has 0 saturated carbocycles. The van der Waals surface area contributed by atoms with Gasteiger partial charge in [-0.1, -0.05) is 17.7 Å². The van der Waals surface area contributed by atoms with E-state index in [0.29, 0.717) is 4.68 Å². The highest BCUT2D eigenvalue weighted by Gasteiger charge is 2.47. The average Bonchev–Trinajstić information content (AvgIpc) is 3.05. The minimum atomic E-state index is -4.52. The Bertz CT molecular complexity index is 713. The molecule has 3 heterocycles. The van der Waals surface area contributed by atoms with Crippen LogP contribution in [-0.4, -0.2) is 21.9 Å². The fourth-order valence-electron chi connectivity index (χ4n) is 2.42. The number of amides is 1. The van der Waals surface area contributed by atoms with Crippen LogP contribution in [0, 0.1) is 0 Å². The summed E-state index contributed by atoms with van der Waals surface area (Å²) in [6, 6.07) is 1.06. The first-order valence-electron chi connectivity index (χ1n) is 6.23. The van der Waals surface area contributed by atoms with E-state index >= 15 is 0 Å². The van der Waals surface area contributed by atoms with E-state index in [4.69, 9.17) is 17.3 Å². The Labute approximate surface area is 131 Å². The van der Waals surface area contributed by atoms with Crippen molar-refractivity contribution in [2.75, 3.05) is 5.32 Å². The second-order valence-electron chi connectivity index (χ2n) is 4.83. The van der Waals surface area contributed by atoms with Gasteiger partial charge in [-0.2, -0.15) is 18.3 Å². The lowest BCUT2D eigenvalue weighted by Crippen LogP contribution is -2.35. The van der Waals surface area contributed by atoms with Crippen molar-refractivity contribution in [1.29, 1.82) is 0 Å². The van der Waals surface area contributed by atoms with E-state index in [9.17, 15) is 18.0 Å². The maximum atomic E-state index is 13.3. The van der Waals surface area contributed by atoms with Gasteiger partial charge in [0.1, 0.15) is 10.8 Å². The summed E-state index contributed by atoms with van der Waals surface area (Å²) in [5.41, 5.74) is 4.73. The van der Waals surface area contributed by atoms with Crippen molar-refractivity contribution in [2.24, 2.45) is 5.73 Å². The SMILES string of the molecule is NC(=O)c1nn2c(c1Cl)NC(c1cccs1)CC2C(F)(F)F. The summed E-state index contributed by atoms with van der Waals surface area (Å²) >= 11 is 7.31. The molecule has 5 nitrogen and oxygen atoms in total. The number of aromatic nitrogens is 2. The molecule has 0 fully saturated rings. The number of nitrogens with two attached hydrogens (primary N) is 1. The highest BCUT2D eigenvalue weighted by atomic mass is 35.5. The molecule has 1 amide bonds. The number of carbonyl (C=O) groups is 1. The molecule has 0 spiro atoms. The quantitative estimate of drug-likeness (QED) is 0.872. The summed E-state index contributed by atoms with van der Waals surface area (Å²) in [5, 5.41) is 8.15. The Morgan fingerprint density at radius 1 is 1.55 bits per heavy atom. The number of nitrogens with one attached hydrogen (secondary N) is 1. The minimum absolute atomic E-state index is 0.0394. The molecule has 2 atom stereocenters. The Kier molecular flexibility index (Phi) is 3.56. The van der Waals surface area contributed by atoms with E-state index in [1.807, 2.05) is 0 Å². The molecule has 22 heavy (non-hydrogen) atoms. The Hall–Kier alpha value is -1.74. The number of carbonyl (C=O) groups excluding carboxylic acids is 1. The highest BCUT2D eigenvalue weighted by Crippen LogP contribution is 2.46. The maximum Gasteiger partial charge on any atom is 0.410 e. The third-order valence-electron chi connectivity index (χ3n) is 3.42. The fraction of sp³-hybridized carbons (Fsp3) is 0.333. The number of hydrogen-bond donors (Lipinski definition) is 2. The van der Waals surface area contributed by atoms with Crippen molar-refractivity contribution in [2.45, 2.75) is 24.7 Å². The normalized spacial score (nSPS) is 21.3. The zero-order valence-electron chi connectivity index (χ0n) is 10.9. The van der Waals surface area contributed by atoms with Crippen molar-refractivity contribution in [3.63, 3.8) is 0 Å². The van der Waals surface area contributed by atoms with Crippen LogP contribution in [0.15, 0.2) is 17.5 Å². The summed E-state index contributed by atoms with van der Waals surface area (Å²) in [4.78, 5) is 12.0. The van der Waals surface area contributed by atoms with Crippen molar-refractivity contribution >= 4 is 34.7 Å². The largest absolute Gasteiger partial charge is 0.410 e. The van der Waals surface area contributed by atoms with E-state index in [0.717, 1.165) is 4.88 Å². The molecule has 2 aromatic heterocycles. The first-order chi connectivity index (χ1) is 10.3. The van der Waals surface area contributed by atoms with Crippen LogP contribution in [-0.2, 0) is 0 Å². The van der Waals surface area contributed by atoms with Gasteiger partial charge in [-0.15, -0.1) is 11.3 Å². The van der Waals surface area contributed by atoms with Crippen LogP contribution in [0.25, 0.3) is 0 Å². The summed E-state index contributed by atoms with van der Waals surface area (Å²) in [6.07, 6.45) is -4.76. The molecular formula is C12H10ClF3N4OS. The first kappa shape index (κ1) is 15.2. The van der Waals surface area contributed by atoms with Crippen LogP contribution < -0.4 is 11.1 Å². The molecule has 1 aliphatic heterocycles. The van der Waals surface area contributed by atoms with E-state index in [1.54, 1.807) is 17.5 Å². The zero-order chi connectivity index (χ0) is 16.1. The Morgan fingerprint density at radius 3 is 2.82 bits per heavy atom. The van der Waals surface area contributed by atoms with Gasteiger partial charge in [-0.3, -0.25) is 4.79 Å². The smallest absolute Gasteiger partial charge is 0.364 e. The lowest BCUT2D eigenvalue weighted by molar-refractivity contribution is -0.173. The van der Waals surface area contributed by atoms with Crippen molar-refractivity contribution in [1.82, 2.24) is 9.78 Å². The van der Waals surface area contributed by atoms with Crippen LogP contribution in [0.2, 0.25) is 5.02 Å². The molecule has 0 aromatic carbocycles. The predicted molar refractivity (Wildman–Crippen MR) is 76.1 cm³/mol. The van der Waals surface area contributed by atoms with Crippen molar-refractivity contribution in [3.05, 3.63) is 33.1 Å². The molecular weight excluding hydrogens is 341 g/mol. The molecule has 118 valence electrons. The van der Waals surface area contributed by atoms with Gasteiger partial charge in [0.25, 0.3) is 5.91 Å². The van der Waals surface area contributed by atoms with E-state index in [-0.39, 0.29) is 23.0 Å². The summed E-state index contributed by atoms with van der Waals surface area (Å²) in [7, 11) is 0. The van der Waals surface area contributed by atoms with Gasteiger partial charge in [0.15, 0.2) is 11.7 Å². The summed E-state index contributed by atoms with van der Waals surface area (Å²) in [6.45, 7) is 0. The number of thiophene rings is 1. The number of rotatable bonds is 2. The van der Waals surface area contributed by atoms with Crippen molar-refractivity contribution in [3.8, 4) is 0 Å². The number of halogens is 4. The molecule has 3 rings (SSSR count). The maximum absolute atomic E-state index is 13.3. The number of hydrogen-bond acceptors (Lipinski definition) is 4. The minimum Gasteiger partial charge on any atom is -0.364 e. The molecule has 0 saturated heterocycles. The molecule has 2 unspecified atom stereocenters. The second-order valence-corrected chi connectivity index (χ2v) is 6.18.